The van der Waals surface area contributed by atoms with Crippen LogP contribution in [0.15, 0.2) is 11.6 Å². The van der Waals surface area contributed by atoms with Crippen LogP contribution in [0.1, 0.15) is 32.6 Å². The Morgan fingerprint density at radius 2 is 2.20 bits per heavy atom. The molecule has 0 radical (unpaired) electrons. The van der Waals surface area contributed by atoms with Crippen molar-refractivity contribution in [2.75, 3.05) is 7.11 Å². The zero-order chi connectivity index (χ0) is 11.3. The number of nitrogens with one attached hydrogen (secondary N) is 1. The van der Waals surface area contributed by atoms with E-state index in [4.69, 9.17) is 0 Å². The molecule has 0 aliphatic heterocycles. The molecule has 0 saturated carbocycles. The Bertz CT molecular complexity index is 284. The van der Waals surface area contributed by atoms with E-state index in [2.05, 4.69) is 10.1 Å². The van der Waals surface area contributed by atoms with Gasteiger partial charge in [0.25, 0.3) is 0 Å². The lowest BCUT2D eigenvalue weighted by Crippen LogP contribution is -2.40. The lowest BCUT2D eigenvalue weighted by molar-refractivity contribution is -0.144. The van der Waals surface area contributed by atoms with Gasteiger partial charge in [-0.1, -0.05) is 6.08 Å². The number of amides is 1. The summed E-state index contributed by atoms with van der Waals surface area (Å²) < 4.78 is 4.53. The number of carbonyl (C=O) groups excluding carboxylic acids is 2. The number of hydrogen-bond donors (Lipinski definition) is 1. The molecule has 0 aromatic carbocycles. The van der Waals surface area contributed by atoms with Crippen molar-refractivity contribution in [2.24, 2.45) is 0 Å². The van der Waals surface area contributed by atoms with E-state index in [0.29, 0.717) is 0 Å². The third kappa shape index (κ3) is 3.38. The molecule has 0 fully saturated rings. The van der Waals surface area contributed by atoms with E-state index >= 15 is 0 Å². The molecule has 0 saturated heterocycles. The fraction of sp³-hybridized carbons (Fsp3) is 0.636. The van der Waals surface area contributed by atoms with Crippen LogP contribution in [0.3, 0.4) is 0 Å². The molecule has 0 bridgehead atoms. The van der Waals surface area contributed by atoms with Gasteiger partial charge in [-0.2, -0.15) is 0 Å². The third-order valence-corrected chi connectivity index (χ3v) is 2.48. The molecule has 0 heterocycles. The first-order chi connectivity index (χ1) is 7.15. The molecular weight excluding hydrogens is 194 g/mol. The Balaban J connectivity index is 2.47. The highest BCUT2D eigenvalue weighted by Crippen LogP contribution is 2.17. The van der Waals surface area contributed by atoms with Gasteiger partial charge in [-0.15, -0.1) is 0 Å². The molecule has 4 heteroatoms. The minimum Gasteiger partial charge on any atom is -0.467 e. The molecule has 1 N–H and O–H groups in total. The zero-order valence-corrected chi connectivity index (χ0v) is 9.21. The second kappa shape index (κ2) is 5.53. The van der Waals surface area contributed by atoms with E-state index in [1.165, 1.54) is 7.11 Å². The van der Waals surface area contributed by atoms with Gasteiger partial charge in [0.05, 0.1) is 7.11 Å². The smallest absolute Gasteiger partial charge is 0.328 e. The van der Waals surface area contributed by atoms with Crippen LogP contribution >= 0.6 is 0 Å². The predicted octanol–water partition coefficient (Wildman–Crippen LogP) is 1.16. The first-order valence-corrected chi connectivity index (χ1v) is 5.23. The first kappa shape index (κ1) is 11.8. The summed E-state index contributed by atoms with van der Waals surface area (Å²) in [6.45, 7) is 1.62. The highest BCUT2D eigenvalue weighted by molar-refractivity contribution is 5.96. The van der Waals surface area contributed by atoms with Crippen LogP contribution < -0.4 is 5.32 Å². The molecule has 1 amide bonds. The fourth-order valence-corrected chi connectivity index (χ4v) is 1.57. The van der Waals surface area contributed by atoms with Crippen LogP contribution in [0.4, 0.5) is 0 Å². The summed E-state index contributed by atoms with van der Waals surface area (Å²) in [6.07, 6.45) is 5.90. The summed E-state index contributed by atoms with van der Waals surface area (Å²) in [5.74, 6) is -0.563. The van der Waals surface area contributed by atoms with E-state index < -0.39 is 12.0 Å². The van der Waals surface area contributed by atoms with Gasteiger partial charge in [0.15, 0.2) is 0 Å². The maximum atomic E-state index is 11.6. The van der Waals surface area contributed by atoms with Gasteiger partial charge in [-0.3, -0.25) is 4.79 Å². The Labute approximate surface area is 89.7 Å². The van der Waals surface area contributed by atoms with Gasteiger partial charge >= 0.3 is 5.97 Å². The molecule has 15 heavy (non-hydrogen) atoms. The predicted molar refractivity (Wildman–Crippen MR) is 56.2 cm³/mol. The standard InChI is InChI=1S/C11H17NO3/c1-8(11(14)15-2)12-10(13)9-6-4-3-5-7-9/h6,8H,3-5,7H2,1-2H3,(H,12,13)/t8-/m0/s1. The second-order valence-electron chi connectivity index (χ2n) is 3.69. The van der Waals surface area contributed by atoms with Crippen molar-refractivity contribution in [1.29, 1.82) is 0 Å². The summed E-state index contributed by atoms with van der Waals surface area (Å²) in [5, 5.41) is 2.62. The van der Waals surface area contributed by atoms with Gasteiger partial charge in [-0.05, 0) is 32.6 Å². The summed E-state index contributed by atoms with van der Waals surface area (Å²) in [5.41, 5.74) is 0.789. The van der Waals surface area contributed by atoms with Gasteiger partial charge < -0.3 is 10.1 Å². The van der Waals surface area contributed by atoms with Crippen LogP contribution in [-0.2, 0) is 14.3 Å². The van der Waals surface area contributed by atoms with Crippen molar-refractivity contribution in [1.82, 2.24) is 5.32 Å². The van der Waals surface area contributed by atoms with Crippen LogP contribution in [-0.4, -0.2) is 25.0 Å². The van der Waals surface area contributed by atoms with E-state index in [-0.39, 0.29) is 5.91 Å². The number of hydrogen-bond acceptors (Lipinski definition) is 3. The number of allylic oxidation sites excluding steroid dienone is 1. The van der Waals surface area contributed by atoms with E-state index in [0.717, 1.165) is 31.3 Å². The molecular formula is C11H17NO3. The number of carbonyl (C=O) groups is 2. The summed E-state index contributed by atoms with van der Waals surface area (Å²) in [6, 6.07) is -0.578. The maximum absolute atomic E-state index is 11.6. The average Bonchev–Trinajstić information content (AvgIpc) is 2.29. The zero-order valence-electron chi connectivity index (χ0n) is 9.21. The van der Waals surface area contributed by atoms with Crippen molar-refractivity contribution in [3.63, 3.8) is 0 Å². The number of esters is 1. The Hall–Kier alpha value is -1.32. The lowest BCUT2D eigenvalue weighted by atomic mass is 9.99. The fourth-order valence-electron chi connectivity index (χ4n) is 1.57. The first-order valence-electron chi connectivity index (χ1n) is 5.23. The number of methoxy groups -OCH3 is 1. The van der Waals surface area contributed by atoms with E-state index in [1.807, 2.05) is 6.08 Å². The summed E-state index contributed by atoms with van der Waals surface area (Å²) >= 11 is 0. The van der Waals surface area contributed by atoms with Crippen molar-refractivity contribution in [3.05, 3.63) is 11.6 Å². The number of rotatable bonds is 3. The normalized spacial score (nSPS) is 17.6. The average molecular weight is 211 g/mol. The van der Waals surface area contributed by atoms with Gasteiger partial charge in [0.1, 0.15) is 6.04 Å². The number of ether oxygens (including phenoxy) is 1. The molecule has 1 aliphatic rings. The van der Waals surface area contributed by atoms with Crippen molar-refractivity contribution >= 4 is 11.9 Å². The lowest BCUT2D eigenvalue weighted by Gasteiger charge is -2.15. The Kier molecular flexibility index (Phi) is 4.34. The molecule has 0 unspecified atom stereocenters. The molecule has 0 spiro atoms. The highest BCUT2D eigenvalue weighted by Gasteiger charge is 2.18. The quantitative estimate of drug-likeness (QED) is 0.713. The minimum absolute atomic E-state index is 0.146. The van der Waals surface area contributed by atoms with Crippen LogP contribution in [0, 0.1) is 0 Å². The van der Waals surface area contributed by atoms with Gasteiger partial charge in [-0.25, -0.2) is 4.79 Å². The molecule has 0 aromatic rings. The minimum atomic E-state index is -0.578. The third-order valence-electron chi connectivity index (χ3n) is 2.48. The Morgan fingerprint density at radius 1 is 1.47 bits per heavy atom. The highest BCUT2D eigenvalue weighted by atomic mass is 16.5. The maximum Gasteiger partial charge on any atom is 0.328 e. The second-order valence-corrected chi connectivity index (χ2v) is 3.69. The molecule has 0 aromatic heterocycles. The molecule has 4 nitrogen and oxygen atoms in total. The molecule has 1 aliphatic carbocycles. The molecule has 1 rings (SSSR count). The van der Waals surface area contributed by atoms with Crippen LogP contribution in [0.25, 0.3) is 0 Å². The van der Waals surface area contributed by atoms with E-state index in [9.17, 15) is 9.59 Å². The van der Waals surface area contributed by atoms with E-state index in [1.54, 1.807) is 6.92 Å². The SMILES string of the molecule is COC(=O)[C@H](C)NC(=O)C1=CCCCC1. The molecule has 1 atom stereocenters. The monoisotopic (exact) mass is 211 g/mol. The summed E-state index contributed by atoms with van der Waals surface area (Å²) in [4.78, 5) is 22.7. The Morgan fingerprint density at radius 3 is 2.73 bits per heavy atom. The van der Waals surface area contributed by atoms with Gasteiger partial charge in [0, 0.05) is 5.57 Å². The van der Waals surface area contributed by atoms with Crippen molar-refractivity contribution in [3.8, 4) is 0 Å². The van der Waals surface area contributed by atoms with Crippen molar-refractivity contribution in [2.45, 2.75) is 38.6 Å². The van der Waals surface area contributed by atoms with Crippen molar-refractivity contribution < 1.29 is 14.3 Å². The summed E-state index contributed by atoms with van der Waals surface area (Å²) in [7, 11) is 1.31. The van der Waals surface area contributed by atoms with Gasteiger partial charge in [0.2, 0.25) is 5.91 Å². The topological polar surface area (TPSA) is 55.4 Å². The van der Waals surface area contributed by atoms with Crippen LogP contribution in [0.5, 0.6) is 0 Å². The molecule has 84 valence electrons. The van der Waals surface area contributed by atoms with Crippen LogP contribution in [0.2, 0.25) is 0 Å². The largest absolute Gasteiger partial charge is 0.467 e.